The number of carbonyl (C=O) groups is 1. The summed E-state index contributed by atoms with van der Waals surface area (Å²) in [7, 11) is -3.84. The van der Waals surface area contributed by atoms with Crippen LogP contribution in [0.2, 0.25) is 5.02 Å². The van der Waals surface area contributed by atoms with Crippen molar-refractivity contribution in [2.45, 2.75) is 23.2 Å². The molecular weight excluding hydrogens is 442 g/mol. The van der Waals surface area contributed by atoms with Gasteiger partial charge in [-0.1, -0.05) is 41.9 Å². The van der Waals surface area contributed by atoms with Gasteiger partial charge < -0.3 is 5.32 Å². The number of carbonyl (C=O) groups excluding carboxylic acids is 1. The molecule has 3 aromatic rings. The van der Waals surface area contributed by atoms with Crippen LogP contribution >= 0.6 is 22.9 Å². The number of hydrogen-bond acceptors (Lipinski definition) is 5. The molecule has 1 aliphatic heterocycles. The molecule has 0 aliphatic carbocycles. The van der Waals surface area contributed by atoms with Crippen LogP contribution in [0.1, 0.15) is 16.7 Å². The Morgan fingerprint density at radius 2 is 1.93 bits per heavy atom. The summed E-state index contributed by atoms with van der Waals surface area (Å²) < 4.78 is 28.0. The second kappa shape index (κ2) is 8.20. The summed E-state index contributed by atoms with van der Waals surface area (Å²) in [4.78, 5) is 13.1. The molecule has 30 heavy (non-hydrogen) atoms. The molecule has 1 aromatic heterocycles. The van der Waals surface area contributed by atoms with E-state index >= 15 is 0 Å². The summed E-state index contributed by atoms with van der Waals surface area (Å²) in [5.41, 5.74) is 2.51. The van der Waals surface area contributed by atoms with Crippen LogP contribution in [0.4, 0.5) is 5.69 Å². The molecule has 2 aromatic carbocycles. The average Bonchev–Trinajstić information content (AvgIpc) is 3.29. The fraction of sp³-hybridized carbons (Fsp3) is 0.143. The van der Waals surface area contributed by atoms with E-state index in [2.05, 4.69) is 5.32 Å². The van der Waals surface area contributed by atoms with E-state index in [-0.39, 0.29) is 22.2 Å². The van der Waals surface area contributed by atoms with E-state index in [4.69, 9.17) is 16.9 Å². The third-order valence-electron chi connectivity index (χ3n) is 4.92. The van der Waals surface area contributed by atoms with Crippen LogP contribution in [0.25, 0.3) is 0 Å². The standard InChI is InChI=1S/C21H16ClN3O3S2/c22-18-11-17(8-7-15(18)12-23)24-21(26)19-10-14-4-1-2-5-16(14)13-25(19)30(27,28)20-6-3-9-29-20/h1-9,11,19H,10,13H2,(H,24,26)/t19-/m0/s1. The van der Waals surface area contributed by atoms with Crippen LogP contribution < -0.4 is 5.32 Å². The highest BCUT2D eigenvalue weighted by Gasteiger charge is 2.40. The fourth-order valence-corrected chi connectivity index (χ4v) is 6.32. The number of anilines is 1. The molecule has 0 radical (unpaired) electrons. The van der Waals surface area contributed by atoms with Crippen LogP contribution in [0.15, 0.2) is 64.2 Å². The van der Waals surface area contributed by atoms with Crippen molar-refractivity contribution in [1.82, 2.24) is 4.31 Å². The van der Waals surface area contributed by atoms with Crippen LogP contribution in [0, 0.1) is 11.3 Å². The molecule has 2 heterocycles. The molecular formula is C21H16ClN3O3S2. The third-order valence-corrected chi connectivity index (χ3v) is 8.46. The number of thiophene rings is 1. The minimum atomic E-state index is -3.84. The molecule has 0 unspecified atom stereocenters. The van der Waals surface area contributed by atoms with E-state index in [9.17, 15) is 13.2 Å². The Hall–Kier alpha value is -2.70. The van der Waals surface area contributed by atoms with Gasteiger partial charge in [-0.05, 0) is 47.2 Å². The highest BCUT2D eigenvalue weighted by Crippen LogP contribution is 2.31. The molecule has 0 bridgehead atoms. The molecule has 1 N–H and O–H groups in total. The number of nitriles is 1. The topological polar surface area (TPSA) is 90.3 Å². The first-order chi connectivity index (χ1) is 14.4. The molecule has 152 valence electrons. The number of rotatable bonds is 4. The minimum Gasteiger partial charge on any atom is -0.325 e. The van der Waals surface area contributed by atoms with E-state index in [1.807, 2.05) is 30.3 Å². The second-order valence-corrected chi connectivity index (χ2v) is 10.2. The fourth-order valence-electron chi connectivity index (χ4n) is 3.41. The van der Waals surface area contributed by atoms with Gasteiger partial charge in [0.15, 0.2) is 0 Å². The molecule has 9 heteroatoms. The molecule has 1 amide bonds. The van der Waals surface area contributed by atoms with E-state index in [0.29, 0.717) is 11.3 Å². The predicted octanol–water partition coefficient (Wildman–Crippen LogP) is 4.03. The SMILES string of the molecule is N#Cc1ccc(NC(=O)[C@@H]2Cc3ccccc3CN2S(=O)(=O)c2cccs2)cc1Cl. The monoisotopic (exact) mass is 457 g/mol. The number of nitrogens with one attached hydrogen (secondary N) is 1. The second-order valence-electron chi connectivity index (χ2n) is 6.77. The Bertz CT molecular complexity index is 1250. The van der Waals surface area contributed by atoms with E-state index in [0.717, 1.165) is 22.5 Å². The number of fused-ring (bicyclic) bond motifs is 1. The Balaban J connectivity index is 1.69. The first-order valence-electron chi connectivity index (χ1n) is 9.03. The molecule has 1 atom stereocenters. The minimum absolute atomic E-state index is 0.114. The molecule has 0 fully saturated rings. The van der Waals surface area contributed by atoms with Gasteiger partial charge in [-0.25, -0.2) is 8.42 Å². The van der Waals surface area contributed by atoms with Crippen molar-refractivity contribution in [3.8, 4) is 6.07 Å². The van der Waals surface area contributed by atoms with Crippen LogP contribution in [-0.2, 0) is 27.8 Å². The van der Waals surface area contributed by atoms with Gasteiger partial charge in [-0.15, -0.1) is 11.3 Å². The summed E-state index contributed by atoms with van der Waals surface area (Å²) in [5.74, 6) is -0.453. The Labute approximate surface area is 183 Å². The number of benzene rings is 2. The summed E-state index contributed by atoms with van der Waals surface area (Å²) >= 11 is 7.17. The molecule has 6 nitrogen and oxygen atoms in total. The highest BCUT2D eigenvalue weighted by molar-refractivity contribution is 7.91. The van der Waals surface area contributed by atoms with Crippen LogP contribution in [0.5, 0.6) is 0 Å². The zero-order valence-corrected chi connectivity index (χ0v) is 18.0. The molecule has 0 saturated carbocycles. The maximum atomic E-state index is 13.3. The smallest absolute Gasteiger partial charge is 0.253 e. The lowest BCUT2D eigenvalue weighted by molar-refractivity contribution is -0.120. The number of nitrogens with zero attached hydrogens (tertiary/aromatic N) is 2. The maximum absolute atomic E-state index is 13.3. The number of amides is 1. The van der Waals surface area contributed by atoms with Crippen molar-refractivity contribution in [2.75, 3.05) is 5.32 Å². The number of halogens is 1. The van der Waals surface area contributed by atoms with Gasteiger partial charge in [0, 0.05) is 12.2 Å². The van der Waals surface area contributed by atoms with Gasteiger partial charge in [0.1, 0.15) is 16.3 Å². The van der Waals surface area contributed by atoms with Gasteiger partial charge in [0.05, 0.1) is 10.6 Å². The summed E-state index contributed by atoms with van der Waals surface area (Å²) in [6.45, 7) is 0.114. The molecule has 0 spiro atoms. The summed E-state index contributed by atoms with van der Waals surface area (Å²) in [5, 5.41) is 13.7. The zero-order valence-electron chi connectivity index (χ0n) is 15.6. The van der Waals surface area contributed by atoms with Gasteiger partial charge in [0.25, 0.3) is 10.0 Å². The van der Waals surface area contributed by atoms with Crippen molar-refractivity contribution in [3.05, 3.63) is 81.7 Å². The normalized spacial score (nSPS) is 16.5. The first-order valence-corrected chi connectivity index (χ1v) is 11.7. The van der Waals surface area contributed by atoms with Crippen molar-refractivity contribution >= 4 is 44.6 Å². The number of sulfonamides is 1. The first kappa shape index (κ1) is 20.6. The van der Waals surface area contributed by atoms with E-state index in [1.165, 1.54) is 22.5 Å². The number of hydrogen-bond donors (Lipinski definition) is 1. The van der Waals surface area contributed by atoms with E-state index < -0.39 is 22.0 Å². The van der Waals surface area contributed by atoms with Gasteiger partial charge in [-0.3, -0.25) is 4.79 Å². The van der Waals surface area contributed by atoms with Crippen molar-refractivity contribution in [3.63, 3.8) is 0 Å². The third kappa shape index (κ3) is 3.85. The summed E-state index contributed by atoms with van der Waals surface area (Å²) in [6, 6.07) is 16.3. The van der Waals surface area contributed by atoms with Crippen molar-refractivity contribution in [1.29, 1.82) is 5.26 Å². The van der Waals surface area contributed by atoms with Crippen molar-refractivity contribution in [2.24, 2.45) is 0 Å². The van der Waals surface area contributed by atoms with Gasteiger partial charge in [-0.2, -0.15) is 9.57 Å². The predicted molar refractivity (Wildman–Crippen MR) is 116 cm³/mol. The van der Waals surface area contributed by atoms with Crippen LogP contribution in [-0.4, -0.2) is 24.7 Å². The highest BCUT2D eigenvalue weighted by atomic mass is 35.5. The Morgan fingerprint density at radius 3 is 2.60 bits per heavy atom. The quantitative estimate of drug-likeness (QED) is 0.640. The van der Waals surface area contributed by atoms with Gasteiger partial charge >= 0.3 is 0 Å². The Kier molecular flexibility index (Phi) is 5.62. The lowest BCUT2D eigenvalue weighted by Gasteiger charge is -2.34. The molecule has 1 aliphatic rings. The van der Waals surface area contributed by atoms with Gasteiger partial charge in [0.2, 0.25) is 5.91 Å². The van der Waals surface area contributed by atoms with E-state index in [1.54, 1.807) is 17.5 Å². The largest absolute Gasteiger partial charge is 0.325 e. The van der Waals surface area contributed by atoms with Crippen molar-refractivity contribution < 1.29 is 13.2 Å². The lowest BCUT2D eigenvalue weighted by Crippen LogP contribution is -2.50. The molecule has 4 rings (SSSR count). The van der Waals surface area contributed by atoms with Crippen LogP contribution in [0.3, 0.4) is 0 Å². The lowest BCUT2D eigenvalue weighted by atomic mass is 9.95. The summed E-state index contributed by atoms with van der Waals surface area (Å²) in [6.07, 6.45) is 0.261. The molecule has 0 saturated heterocycles. The zero-order chi connectivity index (χ0) is 21.3. The average molecular weight is 458 g/mol. The maximum Gasteiger partial charge on any atom is 0.253 e. The Morgan fingerprint density at radius 1 is 1.17 bits per heavy atom.